The van der Waals surface area contributed by atoms with Gasteiger partial charge in [0.05, 0.1) is 6.54 Å². The summed E-state index contributed by atoms with van der Waals surface area (Å²) in [7, 11) is 0. The van der Waals surface area contributed by atoms with Crippen molar-refractivity contribution in [3.05, 3.63) is 21.4 Å². The molecule has 1 fully saturated rings. The Kier molecular flexibility index (Phi) is 5.26. The van der Waals surface area contributed by atoms with E-state index in [1.165, 1.54) is 29.0 Å². The molecule has 2 heterocycles. The predicted octanol–water partition coefficient (Wildman–Crippen LogP) is 4.70. The molecule has 21 heavy (non-hydrogen) atoms. The number of carbonyl (C=O) groups is 1. The second-order valence-electron chi connectivity index (χ2n) is 7.52. The number of nitrogens with zero attached hydrogens (tertiary/aromatic N) is 1. The molecule has 0 aliphatic carbocycles. The van der Waals surface area contributed by atoms with Crippen LogP contribution in [0.25, 0.3) is 0 Å². The highest BCUT2D eigenvalue weighted by molar-refractivity contribution is 7.12. The summed E-state index contributed by atoms with van der Waals surface area (Å²) in [6.07, 6.45) is 3.74. The van der Waals surface area contributed by atoms with E-state index in [4.69, 9.17) is 0 Å². The van der Waals surface area contributed by atoms with Gasteiger partial charge in [-0.3, -0.25) is 9.69 Å². The molecule has 0 aromatic carbocycles. The summed E-state index contributed by atoms with van der Waals surface area (Å²) in [6, 6.07) is 2.05. The van der Waals surface area contributed by atoms with Crippen LogP contribution in [0.1, 0.15) is 60.1 Å². The number of hydrogen-bond donors (Lipinski definition) is 0. The highest BCUT2D eigenvalue weighted by Crippen LogP contribution is 2.34. The van der Waals surface area contributed by atoms with Gasteiger partial charge in [-0.15, -0.1) is 11.3 Å². The fraction of sp³-hybridized carbons (Fsp3) is 0.722. The minimum atomic E-state index is 0.297. The van der Waals surface area contributed by atoms with E-state index < -0.39 is 0 Å². The van der Waals surface area contributed by atoms with Crippen LogP contribution in [0.4, 0.5) is 0 Å². The van der Waals surface area contributed by atoms with Gasteiger partial charge < -0.3 is 0 Å². The Balaban J connectivity index is 1.95. The van der Waals surface area contributed by atoms with Gasteiger partial charge in [-0.05, 0) is 63.6 Å². The minimum absolute atomic E-state index is 0.297. The lowest BCUT2D eigenvalue weighted by molar-refractivity contribution is 0.0930. The van der Waals surface area contributed by atoms with Gasteiger partial charge in [0.25, 0.3) is 0 Å². The highest BCUT2D eigenvalue weighted by atomic mass is 32.1. The van der Waals surface area contributed by atoms with Crippen LogP contribution < -0.4 is 0 Å². The minimum Gasteiger partial charge on any atom is -0.296 e. The molecule has 0 amide bonds. The van der Waals surface area contributed by atoms with Crippen LogP contribution in [0.3, 0.4) is 0 Å². The Morgan fingerprint density at radius 3 is 2.57 bits per heavy atom. The molecule has 1 aromatic rings. The van der Waals surface area contributed by atoms with Crippen molar-refractivity contribution in [2.45, 2.75) is 53.9 Å². The van der Waals surface area contributed by atoms with E-state index in [2.05, 4.69) is 45.6 Å². The molecule has 1 atom stereocenters. The first-order valence-corrected chi connectivity index (χ1v) is 8.91. The third-order valence-electron chi connectivity index (χ3n) is 4.75. The summed E-state index contributed by atoms with van der Waals surface area (Å²) in [5.74, 6) is 1.08. The third-order valence-corrected chi connectivity index (χ3v) is 5.72. The molecule has 0 spiro atoms. The van der Waals surface area contributed by atoms with E-state index in [0.29, 0.717) is 17.7 Å². The number of rotatable bonds is 3. The topological polar surface area (TPSA) is 20.3 Å². The van der Waals surface area contributed by atoms with Crippen LogP contribution in [-0.2, 0) is 0 Å². The molecular weight excluding hydrogens is 278 g/mol. The maximum atomic E-state index is 12.5. The van der Waals surface area contributed by atoms with Gasteiger partial charge in [0.1, 0.15) is 0 Å². The van der Waals surface area contributed by atoms with Crippen molar-refractivity contribution in [3.8, 4) is 0 Å². The lowest BCUT2D eigenvalue weighted by Crippen LogP contribution is -2.31. The van der Waals surface area contributed by atoms with Crippen molar-refractivity contribution >= 4 is 17.1 Å². The Morgan fingerprint density at radius 1 is 1.29 bits per heavy atom. The monoisotopic (exact) mass is 307 g/mol. The lowest BCUT2D eigenvalue weighted by Gasteiger charge is -2.29. The molecule has 118 valence electrons. The summed E-state index contributed by atoms with van der Waals surface area (Å²) in [6.45, 7) is 13.9. The fourth-order valence-electron chi connectivity index (χ4n) is 3.38. The Bertz CT molecular complexity index is 498. The van der Waals surface area contributed by atoms with Crippen LogP contribution in [0.5, 0.6) is 0 Å². The van der Waals surface area contributed by atoms with E-state index in [-0.39, 0.29) is 0 Å². The van der Waals surface area contributed by atoms with E-state index in [1.807, 2.05) is 0 Å². The van der Waals surface area contributed by atoms with E-state index in [0.717, 1.165) is 24.6 Å². The molecule has 0 bridgehead atoms. The second-order valence-corrected chi connectivity index (χ2v) is 8.98. The zero-order valence-corrected chi connectivity index (χ0v) is 15.0. The first-order chi connectivity index (χ1) is 9.77. The van der Waals surface area contributed by atoms with E-state index in [1.54, 1.807) is 11.3 Å². The van der Waals surface area contributed by atoms with Crippen molar-refractivity contribution in [2.24, 2.45) is 11.3 Å². The summed E-state index contributed by atoms with van der Waals surface area (Å²) in [5.41, 5.74) is 1.33. The Morgan fingerprint density at radius 2 is 2.00 bits per heavy atom. The zero-order valence-electron chi connectivity index (χ0n) is 14.2. The molecular formula is C18H29NOS. The van der Waals surface area contributed by atoms with Crippen LogP contribution in [-0.4, -0.2) is 30.3 Å². The number of likely N-dealkylation sites (tertiary alicyclic amines) is 1. The number of Topliss-reactive ketones (excluding diaryl/α,β-unsaturated/α-hetero) is 1. The predicted molar refractivity (Wildman–Crippen MR) is 91.4 cm³/mol. The zero-order chi connectivity index (χ0) is 15.6. The van der Waals surface area contributed by atoms with E-state index >= 15 is 0 Å². The summed E-state index contributed by atoms with van der Waals surface area (Å²) in [5, 5.41) is 0. The number of aryl methyl sites for hydroxylation is 2. The van der Waals surface area contributed by atoms with Gasteiger partial charge in [-0.25, -0.2) is 0 Å². The summed E-state index contributed by atoms with van der Waals surface area (Å²) < 4.78 is 0. The second kappa shape index (κ2) is 6.62. The average Bonchev–Trinajstić information content (AvgIpc) is 2.59. The smallest absolute Gasteiger partial charge is 0.177 e. The molecule has 1 aromatic heterocycles. The summed E-state index contributed by atoms with van der Waals surface area (Å²) >= 11 is 1.73. The maximum Gasteiger partial charge on any atom is 0.177 e. The molecule has 1 aliphatic rings. The van der Waals surface area contributed by atoms with Crippen LogP contribution in [0.2, 0.25) is 0 Å². The van der Waals surface area contributed by atoms with Crippen LogP contribution in [0, 0.1) is 25.2 Å². The number of hydrogen-bond acceptors (Lipinski definition) is 3. The lowest BCUT2D eigenvalue weighted by atomic mass is 9.77. The third kappa shape index (κ3) is 4.40. The van der Waals surface area contributed by atoms with Crippen molar-refractivity contribution < 1.29 is 4.79 Å². The molecule has 0 N–H and O–H groups in total. The quantitative estimate of drug-likeness (QED) is 0.755. The average molecular weight is 308 g/mol. The van der Waals surface area contributed by atoms with Crippen LogP contribution >= 0.6 is 11.3 Å². The maximum absolute atomic E-state index is 12.5. The standard InChI is InChI=1S/C18H29NOS/c1-13-11-16(14(2)21-13)17(20)12-19-9-6-7-15(8-10-19)18(3,4)5/h11,15H,6-10,12H2,1-5H3. The van der Waals surface area contributed by atoms with Gasteiger partial charge in [0.15, 0.2) is 5.78 Å². The summed E-state index contributed by atoms with van der Waals surface area (Å²) in [4.78, 5) is 17.3. The first kappa shape index (κ1) is 16.7. The number of carbonyl (C=O) groups excluding carboxylic acids is 1. The molecule has 0 radical (unpaired) electrons. The molecule has 1 saturated heterocycles. The molecule has 3 heteroatoms. The van der Waals surface area contributed by atoms with Gasteiger partial charge >= 0.3 is 0 Å². The van der Waals surface area contributed by atoms with Crippen molar-refractivity contribution in [3.63, 3.8) is 0 Å². The number of ketones is 1. The molecule has 1 unspecified atom stereocenters. The SMILES string of the molecule is Cc1cc(C(=O)CN2CCCC(C(C)(C)C)CC2)c(C)s1. The molecule has 1 aliphatic heterocycles. The highest BCUT2D eigenvalue weighted by Gasteiger charge is 2.27. The van der Waals surface area contributed by atoms with Gasteiger partial charge in [-0.1, -0.05) is 20.8 Å². The normalized spacial score (nSPS) is 21.3. The van der Waals surface area contributed by atoms with Gasteiger partial charge in [0.2, 0.25) is 0 Å². The van der Waals surface area contributed by atoms with Crippen molar-refractivity contribution in [1.82, 2.24) is 4.90 Å². The largest absolute Gasteiger partial charge is 0.296 e. The fourth-order valence-corrected chi connectivity index (χ4v) is 4.32. The van der Waals surface area contributed by atoms with Crippen LogP contribution in [0.15, 0.2) is 6.07 Å². The van der Waals surface area contributed by atoms with Gasteiger partial charge in [-0.2, -0.15) is 0 Å². The van der Waals surface area contributed by atoms with Crippen molar-refractivity contribution in [1.29, 1.82) is 0 Å². The first-order valence-electron chi connectivity index (χ1n) is 8.10. The molecule has 2 rings (SSSR count). The number of thiophene rings is 1. The van der Waals surface area contributed by atoms with Gasteiger partial charge in [0, 0.05) is 15.3 Å². The Hall–Kier alpha value is -0.670. The molecule has 0 saturated carbocycles. The van der Waals surface area contributed by atoms with E-state index in [9.17, 15) is 4.79 Å². The Labute approximate surface area is 133 Å². The van der Waals surface area contributed by atoms with Crippen molar-refractivity contribution in [2.75, 3.05) is 19.6 Å². The molecule has 2 nitrogen and oxygen atoms in total.